The Kier molecular flexibility index (Phi) is 5.56. The molecule has 5 nitrogen and oxygen atoms in total. The predicted octanol–water partition coefficient (Wildman–Crippen LogP) is 3.49. The topological polar surface area (TPSA) is 67.4 Å². The van der Waals surface area contributed by atoms with E-state index in [1.807, 2.05) is 0 Å². The highest BCUT2D eigenvalue weighted by molar-refractivity contribution is 7.80. The monoisotopic (exact) mass is 406 g/mol. The number of carbonyl (C=O) groups excluding carboxylic acids is 2. The summed E-state index contributed by atoms with van der Waals surface area (Å²) in [6.07, 6.45) is 1.45. The van der Waals surface area contributed by atoms with Gasteiger partial charge in [-0.3, -0.25) is 20.2 Å². The van der Waals surface area contributed by atoms with Gasteiger partial charge in [-0.15, -0.1) is 0 Å². The van der Waals surface area contributed by atoms with Crippen molar-refractivity contribution in [2.24, 2.45) is 0 Å². The Labute approximate surface area is 164 Å². The zero-order chi connectivity index (χ0) is 18.7. The normalized spacial score (nSPS) is 13.9. The maximum atomic E-state index is 12.0. The van der Waals surface area contributed by atoms with Crippen LogP contribution in [0.25, 0.3) is 6.08 Å². The summed E-state index contributed by atoms with van der Waals surface area (Å²) in [6, 6.07) is 12.2. The Morgan fingerprint density at radius 1 is 1.04 bits per heavy atom. The number of rotatable bonds is 4. The number of para-hydroxylation sites is 1. The lowest BCUT2D eigenvalue weighted by molar-refractivity contribution is -0.123. The Hall–Kier alpha value is -2.41. The van der Waals surface area contributed by atoms with E-state index in [4.69, 9.17) is 40.2 Å². The average molecular weight is 407 g/mol. The number of nitrogens with one attached hydrogen (secondary N) is 2. The minimum Gasteiger partial charge on any atom is -0.488 e. The van der Waals surface area contributed by atoms with E-state index in [0.29, 0.717) is 21.4 Å². The van der Waals surface area contributed by atoms with Gasteiger partial charge in [0, 0.05) is 21.2 Å². The van der Waals surface area contributed by atoms with E-state index in [9.17, 15) is 9.59 Å². The fourth-order valence-corrected chi connectivity index (χ4v) is 2.94. The quantitative estimate of drug-likeness (QED) is 0.463. The summed E-state index contributed by atoms with van der Waals surface area (Å²) >= 11 is 16.8. The lowest BCUT2D eigenvalue weighted by atomic mass is 10.1. The van der Waals surface area contributed by atoms with Gasteiger partial charge in [-0.2, -0.15) is 0 Å². The zero-order valence-corrected chi connectivity index (χ0v) is 15.5. The standard InChI is InChI=1S/C18H12Cl2N2O3S/c19-12-6-5-11(14(20)8-12)9-25-15-4-2-1-3-10(15)7-13-16(23)21-18(26)22-17(13)24/h1-8H,9H2,(H2,21,22,23,24,26). The van der Waals surface area contributed by atoms with Crippen molar-refractivity contribution < 1.29 is 14.3 Å². The summed E-state index contributed by atoms with van der Waals surface area (Å²) in [4.78, 5) is 24.0. The highest BCUT2D eigenvalue weighted by atomic mass is 35.5. The van der Waals surface area contributed by atoms with E-state index in [2.05, 4.69) is 10.6 Å². The number of ether oxygens (including phenoxy) is 1. The molecule has 0 unspecified atom stereocenters. The van der Waals surface area contributed by atoms with Crippen LogP contribution in [-0.4, -0.2) is 16.9 Å². The first kappa shape index (κ1) is 18.4. The van der Waals surface area contributed by atoms with Crippen LogP contribution < -0.4 is 15.4 Å². The van der Waals surface area contributed by atoms with E-state index < -0.39 is 11.8 Å². The second-order valence-corrected chi connectivity index (χ2v) is 6.61. The third-order valence-electron chi connectivity index (χ3n) is 3.56. The fourth-order valence-electron chi connectivity index (χ4n) is 2.29. The van der Waals surface area contributed by atoms with Crippen LogP contribution in [0.3, 0.4) is 0 Å². The molecule has 3 rings (SSSR count). The molecular weight excluding hydrogens is 395 g/mol. The predicted molar refractivity (Wildman–Crippen MR) is 104 cm³/mol. The van der Waals surface area contributed by atoms with Gasteiger partial charge >= 0.3 is 0 Å². The third kappa shape index (κ3) is 4.22. The summed E-state index contributed by atoms with van der Waals surface area (Å²) in [5.74, 6) is -0.622. The minimum atomic E-state index is -0.561. The molecule has 1 heterocycles. The molecule has 1 aliphatic heterocycles. The first-order valence-electron chi connectivity index (χ1n) is 7.48. The van der Waals surface area contributed by atoms with Gasteiger partial charge in [0.2, 0.25) is 0 Å². The van der Waals surface area contributed by atoms with Gasteiger partial charge in [0.05, 0.1) is 0 Å². The second-order valence-electron chi connectivity index (χ2n) is 5.36. The van der Waals surface area contributed by atoms with Crippen LogP contribution in [0.15, 0.2) is 48.0 Å². The van der Waals surface area contributed by atoms with Gasteiger partial charge < -0.3 is 4.74 Å². The largest absolute Gasteiger partial charge is 0.488 e. The van der Waals surface area contributed by atoms with Crippen molar-refractivity contribution in [1.29, 1.82) is 0 Å². The second kappa shape index (κ2) is 7.86. The summed E-state index contributed by atoms with van der Waals surface area (Å²) in [7, 11) is 0. The summed E-state index contributed by atoms with van der Waals surface area (Å²) < 4.78 is 5.82. The summed E-state index contributed by atoms with van der Waals surface area (Å²) in [6.45, 7) is 0.207. The molecule has 0 bridgehead atoms. The Morgan fingerprint density at radius 2 is 1.73 bits per heavy atom. The lowest BCUT2D eigenvalue weighted by Crippen LogP contribution is -2.51. The molecule has 2 aromatic carbocycles. The van der Waals surface area contributed by atoms with Gasteiger partial charge in [0.25, 0.3) is 11.8 Å². The number of halogens is 2. The van der Waals surface area contributed by atoms with Crippen LogP contribution in [0, 0.1) is 0 Å². The van der Waals surface area contributed by atoms with Gasteiger partial charge in [0.15, 0.2) is 5.11 Å². The van der Waals surface area contributed by atoms with Crippen molar-refractivity contribution in [3.05, 3.63) is 69.2 Å². The smallest absolute Gasteiger partial charge is 0.263 e. The molecule has 0 aromatic heterocycles. The number of thiocarbonyl (C=S) groups is 1. The van der Waals surface area contributed by atoms with Crippen LogP contribution in [0.4, 0.5) is 0 Å². The van der Waals surface area contributed by atoms with Crippen molar-refractivity contribution in [2.45, 2.75) is 6.61 Å². The molecule has 0 aliphatic carbocycles. The first-order chi connectivity index (χ1) is 12.4. The fraction of sp³-hybridized carbons (Fsp3) is 0.0556. The third-order valence-corrected chi connectivity index (χ3v) is 4.35. The summed E-state index contributed by atoms with van der Waals surface area (Å²) in [5.41, 5.74) is 1.28. The highest BCUT2D eigenvalue weighted by Gasteiger charge is 2.26. The van der Waals surface area contributed by atoms with Crippen LogP contribution in [0.5, 0.6) is 5.75 Å². The van der Waals surface area contributed by atoms with Crippen LogP contribution in [0.1, 0.15) is 11.1 Å². The highest BCUT2D eigenvalue weighted by Crippen LogP contribution is 2.26. The van der Waals surface area contributed by atoms with E-state index in [-0.39, 0.29) is 17.3 Å². The van der Waals surface area contributed by atoms with Crippen molar-refractivity contribution in [2.75, 3.05) is 0 Å². The van der Waals surface area contributed by atoms with Crippen LogP contribution in [0.2, 0.25) is 10.0 Å². The minimum absolute atomic E-state index is 0.0148. The molecular formula is C18H12Cl2N2O3S. The Morgan fingerprint density at radius 3 is 2.42 bits per heavy atom. The van der Waals surface area contributed by atoms with Crippen molar-refractivity contribution in [1.82, 2.24) is 10.6 Å². The number of hydrogen-bond donors (Lipinski definition) is 2. The molecule has 0 radical (unpaired) electrons. The number of benzene rings is 2. The number of carbonyl (C=O) groups is 2. The maximum absolute atomic E-state index is 12.0. The molecule has 0 atom stereocenters. The molecule has 1 fully saturated rings. The average Bonchev–Trinajstić information content (AvgIpc) is 2.58. The molecule has 26 heavy (non-hydrogen) atoms. The zero-order valence-electron chi connectivity index (χ0n) is 13.2. The maximum Gasteiger partial charge on any atom is 0.263 e. The van der Waals surface area contributed by atoms with Gasteiger partial charge in [0.1, 0.15) is 17.9 Å². The van der Waals surface area contributed by atoms with E-state index >= 15 is 0 Å². The van der Waals surface area contributed by atoms with Gasteiger partial charge in [-0.1, -0.05) is 47.5 Å². The van der Waals surface area contributed by atoms with Crippen LogP contribution >= 0.6 is 35.4 Å². The molecule has 0 saturated carbocycles. The summed E-state index contributed by atoms with van der Waals surface area (Å²) in [5, 5.41) is 5.80. The lowest BCUT2D eigenvalue weighted by Gasteiger charge is -2.17. The van der Waals surface area contributed by atoms with E-state index in [1.54, 1.807) is 42.5 Å². The molecule has 1 aliphatic rings. The number of hydrogen-bond acceptors (Lipinski definition) is 4. The van der Waals surface area contributed by atoms with E-state index in [0.717, 1.165) is 5.56 Å². The number of amides is 2. The Balaban J connectivity index is 1.84. The molecule has 2 amide bonds. The Bertz CT molecular complexity index is 922. The van der Waals surface area contributed by atoms with Gasteiger partial charge in [-0.05, 0) is 36.5 Å². The molecule has 2 aromatic rings. The van der Waals surface area contributed by atoms with Crippen molar-refractivity contribution >= 4 is 58.4 Å². The molecule has 8 heteroatoms. The van der Waals surface area contributed by atoms with Crippen molar-refractivity contribution in [3.63, 3.8) is 0 Å². The van der Waals surface area contributed by atoms with Crippen LogP contribution in [-0.2, 0) is 16.2 Å². The van der Waals surface area contributed by atoms with Crippen molar-refractivity contribution in [3.8, 4) is 5.75 Å². The molecule has 0 spiro atoms. The SMILES string of the molecule is O=C1NC(=S)NC(=O)C1=Cc1ccccc1OCc1ccc(Cl)cc1Cl. The molecule has 132 valence electrons. The first-order valence-corrected chi connectivity index (χ1v) is 8.64. The molecule has 2 N–H and O–H groups in total. The van der Waals surface area contributed by atoms with Gasteiger partial charge in [-0.25, -0.2) is 0 Å². The molecule has 1 saturated heterocycles. The van der Waals surface area contributed by atoms with E-state index in [1.165, 1.54) is 6.08 Å².